The third kappa shape index (κ3) is 2.67. The number of hydrogen-bond acceptors (Lipinski definition) is 4. The van der Waals surface area contributed by atoms with Gasteiger partial charge >= 0.3 is 0 Å². The van der Waals surface area contributed by atoms with Crippen LogP contribution in [0.25, 0.3) is 16.6 Å². The van der Waals surface area contributed by atoms with Gasteiger partial charge in [0.25, 0.3) is 5.56 Å². The van der Waals surface area contributed by atoms with Crippen LogP contribution in [0.5, 0.6) is 0 Å². The van der Waals surface area contributed by atoms with Crippen molar-refractivity contribution >= 4 is 22.5 Å². The molecular formula is C19H18N4O3. The van der Waals surface area contributed by atoms with Gasteiger partial charge in [0.15, 0.2) is 5.58 Å². The number of nitrogens with one attached hydrogen (secondary N) is 1. The summed E-state index contributed by atoms with van der Waals surface area (Å²) in [6.45, 7) is 2.26. The molecule has 132 valence electrons. The molecule has 7 heteroatoms. The first-order valence-electron chi connectivity index (χ1n) is 8.46. The normalized spacial score (nSPS) is 12.5. The summed E-state index contributed by atoms with van der Waals surface area (Å²) in [4.78, 5) is 25.5. The maximum Gasteiger partial charge on any atom is 0.291 e. The van der Waals surface area contributed by atoms with Crippen LogP contribution in [0.1, 0.15) is 24.9 Å². The lowest BCUT2D eigenvalue weighted by molar-refractivity contribution is -0.125. The number of rotatable bonds is 5. The maximum atomic E-state index is 12.8. The smallest absolute Gasteiger partial charge is 0.291 e. The van der Waals surface area contributed by atoms with Gasteiger partial charge < -0.3 is 9.73 Å². The molecule has 0 bridgehead atoms. The number of hydrogen-bond donors (Lipinski definition) is 1. The van der Waals surface area contributed by atoms with E-state index in [1.807, 2.05) is 37.3 Å². The van der Waals surface area contributed by atoms with E-state index in [2.05, 4.69) is 10.4 Å². The third-order valence-electron chi connectivity index (χ3n) is 4.47. The fourth-order valence-corrected chi connectivity index (χ4v) is 3.11. The van der Waals surface area contributed by atoms with Gasteiger partial charge in [-0.05, 0) is 12.0 Å². The van der Waals surface area contributed by atoms with Crippen LogP contribution in [0, 0.1) is 0 Å². The van der Waals surface area contributed by atoms with Gasteiger partial charge in [-0.15, -0.1) is 0 Å². The lowest BCUT2D eigenvalue weighted by atomic mass is 10.2. The van der Waals surface area contributed by atoms with Gasteiger partial charge in [-0.3, -0.25) is 14.0 Å². The Morgan fingerprint density at radius 2 is 2.04 bits per heavy atom. The molecular weight excluding hydrogens is 332 g/mol. The Morgan fingerprint density at radius 3 is 2.81 bits per heavy atom. The quantitative estimate of drug-likeness (QED) is 0.600. The van der Waals surface area contributed by atoms with Gasteiger partial charge in [0.05, 0.1) is 11.8 Å². The zero-order valence-electron chi connectivity index (χ0n) is 14.3. The summed E-state index contributed by atoms with van der Waals surface area (Å²) in [6, 6.07) is 12.4. The highest BCUT2D eigenvalue weighted by atomic mass is 16.3. The summed E-state index contributed by atoms with van der Waals surface area (Å²) in [5, 5.41) is 7.10. The van der Waals surface area contributed by atoms with E-state index in [1.165, 1.54) is 4.68 Å². The molecule has 0 saturated heterocycles. The summed E-state index contributed by atoms with van der Waals surface area (Å²) in [6.07, 6.45) is 3.57. The standard InChI is InChI=1S/C19H18N4O3/c1-2-14(18(24)20-11-13-6-4-3-5-7-13)23-19(25)16-10-17-15(8-9-26-17)22(16)12-21-23/h3-10,12,14H,2,11H2,1H3,(H,20,24)/t14-/m0/s1. The van der Waals surface area contributed by atoms with Crippen LogP contribution in [0.4, 0.5) is 0 Å². The Kier molecular flexibility index (Phi) is 4.04. The van der Waals surface area contributed by atoms with E-state index < -0.39 is 6.04 Å². The highest BCUT2D eigenvalue weighted by molar-refractivity contribution is 5.82. The van der Waals surface area contributed by atoms with Crippen LogP contribution in [0.2, 0.25) is 0 Å². The van der Waals surface area contributed by atoms with E-state index in [1.54, 1.807) is 29.1 Å². The second-order valence-corrected chi connectivity index (χ2v) is 6.08. The number of carbonyl (C=O) groups excluding carboxylic acids is 1. The lowest BCUT2D eigenvalue weighted by Gasteiger charge is -2.17. The summed E-state index contributed by atoms with van der Waals surface area (Å²) < 4.78 is 8.26. The molecule has 3 heterocycles. The third-order valence-corrected chi connectivity index (χ3v) is 4.47. The first-order chi connectivity index (χ1) is 12.7. The fourth-order valence-electron chi connectivity index (χ4n) is 3.11. The molecule has 0 radical (unpaired) electrons. The minimum absolute atomic E-state index is 0.231. The van der Waals surface area contributed by atoms with Crippen LogP contribution < -0.4 is 10.9 Å². The fraction of sp³-hybridized carbons (Fsp3) is 0.211. The van der Waals surface area contributed by atoms with Crippen molar-refractivity contribution in [3.05, 3.63) is 71.0 Å². The minimum atomic E-state index is -0.669. The van der Waals surface area contributed by atoms with Crippen molar-refractivity contribution in [2.45, 2.75) is 25.9 Å². The number of carbonyl (C=O) groups is 1. The second-order valence-electron chi connectivity index (χ2n) is 6.08. The van der Waals surface area contributed by atoms with E-state index in [-0.39, 0.29) is 11.5 Å². The van der Waals surface area contributed by atoms with Crippen LogP contribution in [-0.4, -0.2) is 20.1 Å². The number of furan rings is 1. The molecule has 0 spiro atoms. The Morgan fingerprint density at radius 1 is 1.23 bits per heavy atom. The van der Waals surface area contributed by atoms with Crippen molar-refractivity contribution in [3.63, 3.8) is 0 Å². The van der Waals surface area contributed by atoms with Crippen LogP contribution in [-0.2, 0) is 11.3 Å². The first-order valence-corrected chi connectivity index (χ1v) is 8.46. The summed E-state index contributed by atoms with van der Waals surface area (Å²) >= 11 is 0. The number of fused-ring (bicyclic) bond motifs is 3. The topological polar surface area (TPSA) is 81.5 Å². The molecule has 0 aliphatic rings. The van der Waals surface area contributed by atoms with Gasteiger partial charge in [-0.25, -0.2) is 4.68 Å². The van der Waals surface area contributed by atoms with Crippen LogP contribution in [0.15, 0.2) is 64.3 Å². The van der Waals surface area contributed by atoms with E-state index in [0.717, 1.165) is 11.1 Å². The van der Waals surface area contributed by atoms with Crippen molar-refractivity contribution < 1.29 is 9.21 Å². The molecule has 0 aliphatic heterocycles. The predicted molar refractivity (Wildman–Crippen MR) is 96.8 cm³/mol. The molecule has 0 unspecified atom stereocenters. The second kappa shape index (κ2) is 6.51. The monoisotopic (exact) mass is 350 g/mol. The van der Waals surface area contributed by atoms with Crippen LogP contribution in [0.3, 0.4) is 0 Å². The number of benzene rings is 1. The van der Waals surface area contributed by atoms with Gasteiger partial charge in [0.2, 0.25) is 5.91 Å². The van der Waals surface area contributed by atoms with E-state index in [4.69, 9.17) is 4.42 Å². The Bertz CT molecular complexity index is 1120. The number of nitrogens with zero attached hydrogens (tertiary/aromatic N) is 3. The Balaban J connectivity index is 1.64. The summed E-state index contributed by atoms with van der Waals surface area (Å²) in [5.41, 5.74) is 2.50. The van der Waals surface area contributed by atoms with Crippen molar-refractivity contribution in [1.82, 2.24) is 19.5 Å². The lowest BCUT2D eigenvalue weighted by Crippen LogP contribution is -2.38. The molecule has 1 atom stereocenters. The zero-order valence-corrected chi connectivity index (χ0v) is 14.3. The largest absolute Gasteiger partial charge is 0.463 e. The Hall–Kier alpha value is -3.35. The highest BCUT2D eigenvalue weighted by Gasteiger charge is 2.22. The van der Waals surface area contributed by atoms with Crippen LogP contribution >= 0.6 is 0 Å². The zero-order chi connectivity index (χ0) is 18.1. The van der Waals surface area contributed by atoms with E-state index >= 15 is 0 Å². The molecule has 1 N–H and O–H groups in total. The molecule has 0 saturated carbocycles. The van der Waals surface area contributed by atoms with E-state index in [0.29, 0.717) is 24.1 Å². The molecule has 1 aromatic carbocycles. The number of aromatic nitrogens is 3. The average molecular weight is 350 g/mol. The van der Waals surface area contributed by atoms with Crippen molar-refractivity contribution in [1.29, 1.82) is 0 Å². The van der Waals surface area contributed by atoms with Crippen molar-refractivity contribution in [2.24, 2.45) is 0 Å². The highest BCUT2D eigenvalue weighted by Crippen LogP contribution is 2.19. The predicted octanol–water partition coefficient (Wildman–Crippen LogP) is 2.51. The minimum Gasteiger partial charge on any atom is -0.463 e. The summed E-state index contributed by atoms with van der Waals surface area (Å²) in [5.74, 6) is -0.231. The molecule has 4 rings (SSSR count). The maximum absolute atomic E-state index is 12.8. The SMILES string of the molecule is CC[C@@H](C(=O)NCc1ccccc1)n1ncn2c(cc3occc32)c1=O. The molecule has 0 fully saturated rings. The Labute approximate surface area is 148 Å². The summed E-state index contributed by atoms with van der Waals surface area (Å²) in [7, 11) is 0. The van der Waals surface area contributed by atoms with Gasteiger partial charge in [0.1, 0.15) is 17.9 Å². The van der Waals surface area contributed by atoms with Gasteiger partial charge in [0, 0.05) is 18.7 Å². The molecule has 4 aromatic rings. The molecule has 26 heavy (non-hydrogen) atoms. The molecule has 0 aliphatic carbocycles. The van der Waals surface area contributed by atoms with Gasteiger partial charge in [-0.1, -0.05) is 37.3 Å². The molecule has 7 nitrogen and oxygen atoms in total. The van der Waals surface area contributed by atoms with E-state index in [9.17, 15) is 9.59 Å². The average Bonchev–Trinajstić information content (AvgIpc) is 3.25. The number of amides is 1. The first kappa shape index (κ1) is 16.1. The molecule has 3 aromatic heterocycles. The molecule has 1 amide bonds. The van der Waals surface area contributed by atoms with Crippen molar-refractivity contribution in [2.75, 3.05) is 0 Å². The van der Waals surface area contributed by atoms with Gasteiger partial charge in [-0.2, -0.15) is 5.10 Å². The van der Waals surface area contributed by atoms with Crippen molar-refractivity contribution in [3.8, 4) is 0 Å².